The third kappa shape index (κ3) is 12.2. The molecule has 2 nitrogen and oxygen atoms in total. The molecule has 0 saturated heterocycles. The van der Waals surface area contributed by atoms with Gasteiger partial charge in [-0.15, -0.1) is 5.54 Å². The number of carbonyl (C=O) groups is 1. The maximum Gasteiger partial charge on any atom is 0.305 e. The third-order valence-electron chi connectivity index (χ3n) is 3.32. The zero-order valence-electron chi connectivity index (χ0n) is 14.4. The van der Waals surface area contributed by atoms with Gasteiger partial charge >= 0.3 is 5.97 Å². The number of esters is 1. The van der Waals surface area contributed by atoms with Crippen LogP contribution in [0.5, 0.6) is 0 Å². The summed E-state index contributed by atoms with van der Waals surface area (Å²) in [6.07, 6.45) is 10.6. The first kappa shape index (κ1) is 19.7. The van der Waals surface area contributed by atoms with Gasteiger partial charge in [-0.3, -0.25) is 4.79 Å². The fourth-order valence-corrected chi connectivity index (χ4v) is 2.24. The lowest BCUT2D eigenvalue weighted by molar-refractivity contribution is -0.140. The Hall–Kier alpha value is -1.27. The predicted octanol–water partition coefficient (Wildman–Crippen LogP) is 4.60. The van der Waals surface area contributed by atoms with Crippen molar-refractivity contribution in [3.63, 3.8) is 0 Å². The van der Waals surface area contributed by atoms with Gasteiger partial charge in [0.25, 0.3) is 0 Å². The molecule has 0 aliphatic carbocycles. The number of rotatable bonds is 7. The van der Waals surface area contributed by atoms with Crippen molar-refractivity contribution in [2.45, 2.75) is 52.8 Å². The number of hydrogen-bond donors (Lipinski definition) is 0. The lowest BCUT2D eigenvalue weighted by Crippen LogP contribution is -2.16. The lowest BCUT2D eigenvalue weighted by Gasteiger charge is -2.15. The maximum absolute atomic E-state index is 11.1. The van der Waals surface area contributed by atoms with Crippen molar-refractivity contribution >= 4 is 14.0 Å². The van der Waals surface area contributed by atoms with E-state index in [0.717, 1.165) is 12.8 Å². The molecule has 0 aromatic rings. The number of hydrogen-bond acceptors (Lipinski definition) is 2. The minimum Gasteiger partial charge on any atom is -0.469 e. The Balaban J connectivity index is 4.07. The molecule has 0 aromatic heterocycles. The van der Waals surface area contributed by atoms with Crippen LogP contribution < -0.4 is 0 Å². The molecule has 0 amide bonds. The number of ether oxygens (including phenoxy) is 1. The van der Waals surface area contributed by atoms with Crippen LogP contribution in [-0.4, -0.2) is 21.2 Å². The normalized spacial score (nSPS) is 14.8. The lowest BCUT2D eigenvalue weighted by atomic mass is 9.90. The van der Waals surface area contributed by atoms with Crippen LogP contribution in [0.2, 0.25) is 19.6 Å². The summed E-state index contributed by atoms with van der Waals surface area (Å²) in [5, 5.41) is 0. The van der Waals surface area contributed by atoms with Crippen molar-refractivity contribution in [3.05, 3.63) is 24.3 Å². The van der Waals surface area contributed by atoms with E-state index in [0.29, 0.717) is 18.3 Å². The summed E-state index contributed by atoms with van der Waals surface area (Å²) in [6, 6.07) is 0. The van der Waals surface area contributed by atoms with Crippen molar-refractivity contribution in [2.24, 2.45) is 11.8 Å². The summed E-state index contributed by atoms with van der Waals surface area (Å²) in [7, 11) is 0.180. The highest BCUT2D eigenvalue weighted by atomic mass is 28.3. The Kier molecular flexibility index (Phi) is 9.82. The molecular formula is C18H30O2Si. The first-order valence-corrected chi connectivity index (χ1v) is 11.2. The maximum atomic E-state index is 11.1. The number of methoxy groups -OCH3 is 1. The van der Waals surface area contributed by atoms with Crippen molar-refractivity contribution in [3.8, 4) is 11.5 Å². The second-order valence-electron chi connectivity index (χ2n) is 6.57. The van der Waals surface area contributed by atoms with Crippen LogP contribution >= 0.6 is 0 Å². The Morgan fingerprint density at radius 1 is 1.24 bits per heavy atom. The Morgan fingerprint density at radius 3 is 2.48 bits per heavy atom. The van der Waals surface area contributed by atoms with Crippen molar-refractivity contribution in [1.29, 1.82) is 0 Å². The van der Waals surface area contributed by atoms with E-state index < -0.39 is 8.07 Å². The molecule has 0 rings (SSSR count). The average molecular weight is 307 g/mol. The molecule has 2 atom stereocenters. The standard InChI is InChI=1S/C18H30O2Si/c1-16(17(2)13-11-14-18(19)20-3)12-9-7-8-10-15-21(4,5)6/h7-9,12,16-17H,11,13-14H2,1-6H3/b8-7+,12-9+. The zero-order valence-corrected chi connectivity index (χ0v) is 15.4. The van der Waals surface area contributed by atoms with Crippen molar-refractivity contribution in [2.75, 3.05) is 7.11 Å². The summed E-state index contributed by atoms with van der Waals surface area (Å²) in [5.74, 6) is 4.05. The van der Waals surface area contributed by atoms with E-state index in [9.17, 15) is 4.79 Å². The Morgan fingerprint density at radius 2 is 1.90 bits per heavy atom. The summed E-state index contributed by atoms with van der Waals surface area (Å²) in [6.45, 7) is 11.1. The van der Waals surface area contributed by atoms with Gasteiger partial charge in [0.1, 0.15) is 8.07 Å². The van der Waals surface area contributed by atoms with Crippen LogP contribution in [0.25, 0.3) is 0 Å². The molecule has 2 unspecified atom stereocenters. The van der Waals surface area contributed by atoms with Gasteiger partial charge in [0, 0.05) is 6.42 Å². The van der Waals surface area contributed by atoms with Gasteiger partial charge in [-0.05, 0) is 30.8 Å². The smallest absolute Gasteiger partial charge is 0.305 e. The summed E-state index contributed by atoms with van der Waals surface area (Å²) < 4.78 is 4.65. The van der Waals surface area contributed by atoms with Gasteiger partial charge in [0.2, 0.25) is 0 Å². The topological polar surface area (TPSA) is 26.3 Å². The van der Waals surface area contributed by atoms with Crippen molar-refractivity contribution in [1.82, 2.24) is 0 Å². The monoisotopic (exact) mass is 306 g/mol. The molecule has 0 aliphatic rings. The Labute approximate surface area is 131 Å². The molecule has 0 heterocycles. The van der Waals surface area contributed by atoms with Gasteiger partial charge in [-0.2, -0.15) is 0 Å². The second kappa shape index (κ2) is 10.5. The molecule has 0 radical (unpaired) electrons. The molecular weight excluding hydrogens is 276 g/mol. The molecule has 3 heteroatoms. The van der Waals surface area contributed by atoms with Crippen LogP contribution in [0.4, 0.5) is 0 Å². The van der Waals surface area contributed by atoms with E-state index in [-0.39, 0.29) is 5.97 Å². The van der Waals surface area contributed by atoms with Gasteiger partial charge in [0.15, 0.2) is 0 Å². The van der Waals surface area contributed by atoms with E-state index in [1.807, 2.05) is 12.2 Å². The van der Waals surface area contributed by atoms with E-state index in [1.54, 1.807) is 0 Å². The molecule has 0 spiro atoms. The summed E-state index contributed by atoms with van der Waals surface area (Å²) in [5.41, 5.74) is 3.30. The Bertz CT molecular complexity index is 419. The molecule has 0 aromatic carbocycles. The highest BCUT2D eigenvalue weighted by Gasteiger charge is 2.10. The van der Waals surface area contributed by atoms with Crippen LogP contribution in [-0.2, 0) is 9.53 Å². The fraction of sp³-hybridized carbons (Fsp3) is 0.611. The van der Waals surface area contributed by atoms with Crippen LogP contribution in [0, 0.1) is 23.3 Å². The largest absolute Gasteiger partial charge is 0.469 e. The number of carbonyl (C=O) groups excluding carboxylic acids is 1. The minimum atomic E-state index is -1.26. The molecule has 0 aliphatic heterocycles. The molecule has 21 heavy (non-hydrogen) atoms. The van der Waals surface area contributed by atoms with Crippen LogP contribution in [0.15, 0.2) is 24.3 Å². The van der Waals surface area contributed by atoms with E-state index in [1.165, 1.54) is 7.11 Å². The molecule has 0 bridgehead atoms. The first-order valence-electron chi connectivity index (χ1n) is 7.69. The fourth-order valence-electron chi connectivity index (χ4n) is 1.72. The highest BCUT2D eigenvalue weighted by molar-refractivity contribution is 6.83. The molecule has 0 fully saturated rings. The van der Waals surface area contributed by atoms with E-state index in [4.69, 9.17) is 0 Å². The third-order valence-corrected chi connectivity index (χ3v) is 4.21. The molecule has 0 saturated carbocycles. The SMILES string of the molecule is COC(=O)CCCC(C)C(C)/C=C/C=C/C#C[Si](C)(C)C. The van der Waals surface area contributed by atoms with E-state index in [2.05, 4.69) is 61.8 Å². The average Bonchev–Trinajstić information content (AvgIpc) is 2.40. The highest BCUT2D eigenvalue weighted by Crippen LogP contribution is 2.19. The first-order chi connectivity index (χ1) is 9.76. The van der Waals surface area contributed by atoms with Crippen LogP contribution in [0.1, 0.15) is 33.1 Å². The number of allylic oxidation sites excluding steroid dienone is 4. The van der Waals surface area contributed by atoms with Crippen molar-refractivity contribution < 1.29 is 9.53 Å². The zero-order chi connectivity index (χ0) is 16.3. The van der Waals surface area contributed by atoms with E-state index >= 15 is 0 Å². The second-order valence-corrected chi connectivity index (χ2v) is 11.3. The minimum absolute atomic E-state index is 0.116. The predicted molar refractivity (Wildman–Crippen MR) is 93.6 cm³/mol. The quantitative estimate of drug-likeness (QED) is 0.297. The van der Waals surface area contributed by atoms with Gasteiger partial charge in [-0.1, -0.05) is 57.6 Å². The molecule has 0 N–H and O–H groups in total. The summed E-state index contributed by atoms with van der Waals surface area (Å²) in [4.78, 5) is 11.1. The van der Waals surface area contributed by atoms with Gasteiger partial charge in [-0.25, -0.2) is 0 Å². The van der Waals surface area contributed by atoms with Crippen LogP contribution in [0.3, 0.4) is 0 Å². The van der Waals surface area contributed by atoms with Gasteiger partial charge < -0.3 is 4.74 Å². The molecule has 118 valence electrons. The van der Waals surface area contributed by atoms with Gasteiger partial charge in [0.05, 0.1) is 7.11 Å². The summed E-state index contributed by atoms with van der Waals surface area (Å²) >= 11 is 0.